The highest BCUT2D eigenvalue weighted by atomic mass is 19.4. The molecule has 1 unspecified atom stereocenters. The lowest BCUT2D eigenvalue weighted by Crippen LogP contribution is -2.57. The van der Waals surface area contributed by atoms with Crippen LogP contribution in [0.4, 0.5) is 23.7 Å². The average molecular weight is 495 g/mol. The van der Waals surface area contributed by atoms with E-state index in [0.717, 1.165) is 17.7 Å². The van der Waals surface area contributed by atoms with Crippen LogP contribution in [0.2, 0.25) is 0 Å². The number of benzene rings is 3. The minimum absolute atomic E-state index is 0.0549. The minimum Gasteiger partial charge on any atom is -0.454 e. The number of nitrogens with one attached hydrogen (secondary N) is 1. The predicted octanol–water partition coefficient (Wildman–Crippen LogP) is 5.81. The van der Waals surface area contributed by atoms with E-state index < -0.39 is 11.7 Å². The first-order valence-electron chi connectivity index (χ1n) is 11.7. The quantitative estimate of drug-likeness (QED) is 0.490. The Labute approximate surface area is 207 Å². The van der Waals surface area contributed by atoms with Gasteiger partial charge in [-0.05, 0) is 42.8 Å². The number of nitrogens with zero attached hydrogens (tertiary/aromatic N) is 3. The summed E-state index contributed by atoms with van der Waals surface area (Å²) < 4.78 is 45.8. The Balaban J connectivity index is 1.37. The van der Waals surface area contributed by atoms with E-state index in [2.05, 4.69) is 10.2 Å². The molecular formula is C27H25F3N4O2. The van der Waals surface area contributed by atoms with Crippen LogP contribution in [-0.2, 0) is 12.7 Å². The third kappa shape index (κ3) is 4.86. The zero-order valence-electron chi connectivity index (χ0n) is 19.6. The van der Waals surface area contributed by atoms with E-state index in [0.29, 0.717) is 49.0 Å². The maximum Gasteiger partial charge on any atom is 0.416 e. The van der Waals surface area contributed by atoms with Gasteiger partial charge >= 0.3 is 12.2 Å². The van der Waals surface area contributed by atoms with Crippen molar-refractivity contribution in [2.45, 2.75) is 25.7 Å². The lowest BCUT2D eigenvalue weighted by Gasteiger charge is -2.41. The number of rotatable bonds is 2. The fourth-order valence-electron chi connectivity index (χ4n) is 4.47. The zero-order chi connectivity index (χ0) is 25.3. The van der Waals surface area contributed by atoms with Gasteiger partial charge in [0, 0.05) is 32.2 Å². The molecule has 3 aromatic carbocycles. The Bertz CT molecular complexity index is 1290. The number of para-hydroxylation sites is 1. The first-order valence-corrected chi connectivity index (χ1v) is 11.7. The van der Waals surface area contributed by atoms with Gasteiger partial charge in [0.15, 0.2) is 5.75 Å². The molecular weight excluding hydrogens is 469 g/mol. The van der Waals surface area contributed by atoms with Crippen LogP contribution >= 0.6 is 0 Å². The molecule has 6 nitrogen and oxygen atoms in total. The first-order chi connectivity index (χ1) is 17.3. The van der Waals surface area contributed by atoms with Crippen LogP contribution in [0, 0.1) is 0 Å². The smallest absolute Gasteiger partial charge is 0.416 e. The number of urea groups is 1. The minimum atomic E-state index is -4.48. The van der Waals surface area contributed by atoms with Crippen LogP contribution in [0.5, 0.6) is 11.5 Å². The van der Waals surface area contributed by atoms with Crippen molar-refractivity contribution < 1.29 is 22.7 Å². The van der Waals surface area contributed by atoms with Gasteiger partial charge in [-0.3, -0.25) is 0 Å². The van der Waals surface area contributed by atoms with Crippen LogP contribution in [0.25, 0.3) is 0 Å². The van der Waals surface area contributed by atoms with Gasteiger partial charge in [0.05, 0.1) is 11.1 Å². The highest BCUT2D eigenvalue weighted by Gasteiger charge is 2.34. The number of aliphatic imine (C=N–C) groups is 1. The third-order valence-corrected chi connectivity index (χ3v) is 6.34. The third-order valence-electron chi connectivity index (χ3n) is 6.34. The molecule has 36 heavy (non-hydrogen) atoms. The summed E-state index contributed by atoms with van der Waals surface area (Å²) in [5, 5.41) is 2.98. The summed E-state index contributed by atoms with van der Waals surface area (Å²) in [6, 6.07) is 20.0. The summed E-state index contributed by atoms with van der Waals surface area (Å²) in [6.45, 7) is 3.93. The van der Waals surface area contributed by atoms with Crippen molar-refractivity contribution in [3.05, 3.63) is 89.5 Å². The molecule has 1 fully saturated rings. The van der Waals surface area contributed by atoms with Crippen molar-refractivity contribution in [2.75, 3.05) is 19.6 Å². The normalized spacial score (nSPS) is 17.3. The Morgan fingerprint density at radius 2 is 1.78 bits per heavy atom. The number of alkyl halides is 3. The fraction of sp³-hybridized carbons (Fsp3) is 0.259. The topological polar surface area (TPSA) is 57.2 Å². The van der Waals surface area contributed by atoms with Crippen LogP contribution in [0.3, 0.4) is 0 Å². The molecule has 0 aliphatic carbocycles. The molecule has 1 N–H and O–H groups in total. The Morgan fingerprint density at radius 1 is 1.03 bits per heavy atom. The number of hydrogen-bond acceptors (Lipinski definition) is 4. The van der Waals surface area contributed by atoms with Crippen molar-refractivity contribution in [3.63, 3.8) is 0 Å². The van der Waals surface area contributed by atoms with Crippen LogP contribution < -0.4 is 10.1 Å². The van der Waals surface area contributed by atoms with E-state index >= 15 is 0 Å². The van der Waals surface area contributed by atoms with Gasteiger partial charge in [0.25, 0.3) is 0 Å². The number of amidine groups is 1. The molecule has 1 atom stereocenters. The number of carbonyl (C=O) groups is 1. The SMILES string of the molecule is CC1CN(C2=Nc3ccc(C(F)(F)F)cc3Oc3ccccc32)CCN1C(=O)NCc1ccccc1. The molecule has 186 valence electrons. The summed E-state index contributed by atoms with van der Waals surface area (Å²) in [6.07, 6.45) is -4.48. The molecule has 0 radical (unpaired) electrons. The molecule has 2 amide bonds. The molecule has 0 saturated carbocycles. The molecule has 5 rings (SSSR count). The Kier molecular flexibility index (Phi) is 6.30. The van der Waals surface area contributed by atoms with Crippen LogP contribution in [0.15, 0.2) is 77.8 Å². The second-order valence-corrected chi connectivity index (χ2v) is 8.85. The van der Waals surface area contributed by atoms with Crippen molar-refractivity contribution in [2.24, 2.45) is 4.99 Å². The molecule has 2 heterocycles. The highest BCUT2D eigenvalue weighted by Crippen LogP contribution is 2.42. The predicted molar refractivity (Wildman–Crippen MR) is 131 cm³/mol. The van der Waals surface area contributed by atoms with E-state index in [1.807, 2.05) is 49.4 Å². The highest BCUT2D eigenvalue weighted by molar-refractivity contribution is 6.04. The lowest BCUT2D eigenvalue weighted by molar-refractivity contribution is -0.137. The van der Waals surface area contributed by atoms with Gasteiger partial charge in [-0.15, -0.1) is 0 Å². The summed E-state index contributed by atoms with van der Waals surface area (Å²) in [4.78, 5) is 21.4. The molecule has 0 bridgehead atoms. The van der Waals surface area contributed by atoms with Crippen molar-refractivity contribution in [1.82, 2.24) is 15.1 Å². The van der Waals surface area contributed by atoms with Crippen molar-refractivity contribution in [3.8, 4) is 11.5 Å². The summed E-state index contributed by atoms with van der Waals surface area (Å²) >= 11 is 0. The summed E-state index contributed by atoms with van der Waals surface area (Å²) in [5.74, 6) is 1.10. The number of hydrogen-bond donors (Lipinski definition) is 1. The molecule has 1 saturated heterocycles. The molecule has 2 aliphatic heterocycles. The monoisotopic (exact) mass is 494 g/mol. The van der Waals surface area contributed by atoms with Gasteiger partial charge in [-0.1, -0.05) is 42.5 Å². The number of piperazine rings is 1. The Hall–Kier alpha value is -4.01. The van der Waals surface area contributed by atoms with E-state index in [1.165, 1.54) is 6.07 Å². The summed E-state index contributed by atoms with van der Waals surface area (Å²) in [7, 11) is 0. The van der Waals surface area contributed by atoms with E-state index in [-0.39, 0.29) is 17.8 Å². The summed E-state index contributed by atoms with van der Waals surface area (Å²) in [5.41, 5.74) is 1.25. The first kappa shape index (κ1) is 23.7. The van der Waals surface area contributed by atoms with Gasteiger partial charge in [-0.25, -0.2) is 9.79 Å². The second-order valence-electron chi connectivity index (χ2n) is 8.85. The average Bonchev–Trinajstić information content (AvgIpc) is 3.03. The lowest BCUT2D eigenvalue weighted by atomic mass is 10.1. The second kappa shape index (κ2) is 9.56. The number of ether oxygens (including phenoxy) is 1. The van der Waals surface area contributed by atoms with Crippen LogP contribution in [-0.4, -0.2) is 47.3 Å². The van der Waals surface area contributed by atoms with Crippen molar-refractivity contribution >= 4 is 17.6 Å². The van der Waals surface area contributed by atoms with Gasteiger partial charge in [0.2, 0.25) is 0 Å². The molecule has 0 spiro atoms. The van der Waals surface area contributed by atoms with E-state index in [9.17, 15) is 18.0 Å². The number of amides is 2. The van der Waals surface area contributed by atoms with Gasteiger partial charge < -0.3 is 19.9 Å². The molecule has 3 aromatic rings. The maximum absolute atomic E-state index is 13.3. The molecule has 2 aliphatic rings. The number of carbonyl (C=O) groups excluding carboxylic acids is 1. The van der Waals surface area contributed by atoms with E-state index in [1.54, 1.807) is 17.0 Å². The zero-order valence-corrected chi connectivity index (χ0v) is 19.6. The fourth-order valence-corrected chi connectivity index (χ4v) is 4.47. The standard InChI is InChI=1S/C27H25F3N4O2/c1-18-17-33(13-14-34(18)26(35)31-16-19-7-3-2-4-8-19)25-21-9-5-6-10-23(21)36-24-15-20(27(28,29)30)11-12-22(24)32-25/h2-12,15,18H,13-14,16-17H2,1H3,(H,31,35). The van der Waals surface area contributed by atoms with E-state index in [4.69, 9.17) is 9.73 Å². The van der Waals surface area contributed by atoms with Gasteiger partial charge in [-0.2, -0.15) is 13.2 Å². The van der Waals surface area contributed by atoms with Crippen LogP contribution in [0.1, 0.15) is 23.6 Å². The van der Waals surface area contributed by atoms with Crippen molar-refractivity contribution in [1.29, 1.82) is 0 Å². The Morgan fingerprint density at radius 3 is 2.53 bits per heavy atom. The largest absolute Gasteiger partial charge is 0.454 e. The molecule has 9 heteroatoms. The molecule has 0 aromatic heterocycles. The number of halogens is 3. The number of fused-ring (bicyclic) bond motifs is 2. The van der Waals surface area contributed by atoms with Gasteiger partial charge in [0.1, 0.15) is 17.3 Å². The maximum atomic E-state index is 13.3.